The molecule has 2 atom stereocenters. The van der Waals surface area contributed by atoms with Gasteiger partial charge in [-0.3, -0.25) is 0 Å². The van der Waals surface area contributed by atoms with E-state index in [9.17, 15) is 5.11 Å². The van der Waals surface area contributed by atoms with Gasteiger partial charge in [-0.25, -0.2) is 0 Å². The summed E-state index contributed by atoms with van der Waals surface area (Å²) in [4.78, 5) is 1.52. The molecule has 0 spiro atoms. The Hall–Kier alpha value is -1.64. The number of nitrogens with one attached hydrogen (secondary N) is 1. The fraction of sp³-hybridized carbons (Fsp3) is 0.368. The van der Waals surface area contributed by atoms with E-state index >= 15 is 0 Å². The van der Waals surface area contributed by atoms with Crippen molar-refractivity contribution in [2.45, 2.75) is 31.9 Å². The lowest BCUT2D eigenvalue weighted by Gasteiger charge is -2.27. The molecule has 21 heavy (non-hydrogen) atoms. The van der Waals surface area contributed by atoms with Gasteiger partial charge in [-0.2, -0.15) is 0 Å². The van der Waals surface area contributed by atoms with Crippen molar-refractivity contribution in [3.63, 3.8) is 0 Å². The van der Waals surface area contributed by atoms with Crippen LogP contribution in [0.1, 0.15) is 29.5 Å². The predicted molar refractivity (Wildman–Crippen MR) is 84.3 cm³/mol. The molecule has 0 radical (unpaired) electrons. The van der Waals surface area contributed by atoms with Crippen LogP contribution in [0.5, 0.6) is 0 Å². The Labute approximate surface area is 126 Å². The third-order valence-corrected chi connectivity index (χ3v) is 4.90. The average Bonchev–Trinajstić information content (AvgIpc) is 2.85. The molecule has 1 heterocycles. The van der Waals surface area contributed by atoms with Gasteiger partial charge in [0.1, 0.15) is 19.2 Å². The number of aliphatic hydroxyl groups is 1. The zero-order chi connectivity index (χ0) is 14.2. The number of benzene rings is 2. The molecule has 1 unspecified atom stereocenters. The third-order valence-electron chi connectivity index (χ3n) is 4.90. The zero-order valence-electron chi connectivity index (χ0n) is 12.3. The summed E-state index contributed by atoms with van der Waals surface area (Å²) in [5.74, 6) is 0. The molecule has 1 aliphatic carbocycles. The van der Waals surface area contributed by atoms with Crippen LogP contribution in [-0.4, -0.2) is 24.3 Å². The molecule has 2 nitrogen and oxygen atoms in total. The van der Waals surface area contributed by atoms with Crippen LogP contribution in [0, 0.1) is 0 Å². The molecule has 1 fully saturated rings. The van der Waals surface area contributed by atoms with Crippen LogP contribution in [-0.2, 0) is 13.0 Å². The number of hydrogen-bond acceptors (Lipinski definition) is 1. The van der Waals surface area contributed by atoms with Gasteiger partial charge in [-0.1, -0.05) is 36.4 Å². The fourth-order valence-corrected chi connectivity index (χ4v) is 3.88. The van der Waals surface area contributed by atoms with Crippen molar-refractivity contribution in [3.05, 3.63) is 59.2 Å². The summed E-state index contributed by atoms with van der Waals surface area (Å²) in [5.41, 5.74) is 7.13. The summed E-state index contributed by atoms with van der Waals surface area (Å²) in [7, 11) is 0. The van der Waals surface area contributed by atoms with E-state index in [4.69, 9.17) is 0 Å². The highest BCUT2D eigenvalue weighted by Crippen LogP contribution is 2.36. The maximum atomic E-state index is 9.81. The number of quaternary nitrogens is 1. The molecule has 0 aromatic heterocycles. The fourth-order valence-electron chi connectivity index (χ4n) is 3.88. The number of aliphatic hydroxyl groups excluding tert-OH is 1. The Bertz CT molecular complexity index is 664. The molecular formula is C19H22NO+. The summed E-state index contributed by atoms with van der Waals surface area (Å²) < 4.78 is 0. The first-order chi connectivity index (χ1) is 10.3. The van der Waals surface area contributed by atoms with E-state index in [1.54, 1.807) is 0 Å². The van der Waals surface area contributed by atoms with Gasteiger partial charge in [0.05, 0.1) is 6.54 Å². The second kappa shape index (κ2) is 5.28. The van der Waals surface area contributed by atoms with Crippen molar-refractivity contribution in [2.24, 2.45) is 0 Å². The molecule has 2 aromatic rings. The maximum Gasteiger partial charge on any atom is 0.104 e. The van der Waals surface area contributed by atoms with Gasteiger partial charge in [-0.15, -0.1) is 0 Å². The topological polar surface area (TPSA) is 24.7 Å². The van der Waals surface area contributed by atoms with Crippen LogP contribution < -0.4 is 4.90 Å². The Morgan fingerprint density at radius 3 is 2.81 bits per heavy atom. The quantitative estimate of drug-likeness (QED) is 0.735. The predicted octanol–water partition coefficient (Wildman–Crippen LogP) is 1.80. The minimum Gasteiger partial charge on any atom is -0.387 e. The molecule has 1 saturated heterocycles. The molecule has 108 valence electrons. The first kappa shape index (κ1) is 13.1. The van der Waals surface area contributed by atoms with Gasteiger partial charge in [0.25, 0.3) is 0 Å². The van der Waals surface area contributed by atoms with Crippen LogP contribution in [0.4, 0.5) is 0 Å². The highest BCUT2D eigenvalue weighted by Gasteiger charge is 2.22. The second-order valence-corrected chi connectivity index (χ2v) is 6.50. The lowest BCUT2D eigenvalue weighted by atomic mass is 10.0. The molecule has 2 heteroatoms. The first-order valence-electron chi connectivity index (χ1n) is 8.01. The van der Waals surface area contributed by atoms with Crippen molar-refractivity contribution >= 4 is 0 Å². The van der Waals surface area contributed by atoms with E-state index in [1.165, 1.54) is 39.3 Å². The van der Waals surface area contributed by atoms with Crippen molar-refractivity contribution in [1.29, 1.82) is 0 Å². The van der Waals surface area contributed by atoms with Crippen LogP contribution in [0.2, 0.25) is 0 Å². The van der Waals surface area contributed by atoms with E-state index in [0.29, 0.717) is 0 Å². The van der Waals surface area contributed by atoms with Crippen molar-refractivity contribution in [3.8, 4) is 11.1 Å². The molecule has 0 amide bonds. The van der Waals surface area contributed by atoms with Gasteiger partial charge >= 0.3 is 0 Å². The smallest absolute Gasteiger partial charge is 0.104 e. The highest BCUT2D eigenvalue weighted by atomic mass is 16.3. The Balaban J connectivity index is 1.56. The third kappa shape index (κ3) is 2.50. The second-order valence-electron chi connectivity index (χ2n) is 6.50. The van der Waals surface area contributed by atoms with Crippen molar-refractivity contribution in [2.75, 3.05) is 13.1 Å². The van der Waals surface area contributed by atoms with Gasteiger partial charge in [-0.05, 0) is 47.6 Å². The highest BCUT2D eigenvalue weighted by molar-refractivity contribution is 5.76. The van der Waals surface area contributed by atoms with Crippen LogP contribution in [0.3, 0.4) is 0 Å². The SMILES string of the molecule is O[C@H]1CCC[NH+](Cc2ccc3c(c2)Cc2ccccc2-3)C1. The average molecular weight is 280 g/mol. The van der Waals surface area contributed by atoms with E-state index in [-0.39, 0.29) is 6.10 Å². The Morgan fingerprint density at radius 1 is 1.05 bits per heavy atom. The number of hydrogen-bond donors (Lipinski definition) is 2. The number of piperidine rings is 1. The number of fused-ring (bicyclic) bond motifs is 3. The monoisotopic (exact) mass is 280 g/mol. The molecular weight excluding hydrogens is 258 g/mol. The largest absolute Gasteiger partial charge is 0.387 e. The van der Waals surface area contributed by atoms with Gasteiger partial charge in [0.15, 0.2) is 0 Å². The molecule has 0 bridgehead atoms. The van der Waals surface area contributed by atoms with Gasteiger partial charge in [0.2, 0.25) is 0 Å². The van der Waals surface area contributed by atoms with Crippen molar-refractivity contribution in [1.82, 2.24) is 0 Å². The van der Waals surface area contributed by atoms with E-state index in [2.05, 4.69) is 42.5 Å². The maximum absolute atomic E-state index is 9.81. The minimum absolute atomic E-state index is 0.104. The summed E-state index contributed by atoms with van der Waals surface area (Å²) in [6.45, 7) is 3.13. The first-order valence-corrected chi connectivity index (χ1v) is 8.01. The summed E-state index contributed by atoms with van der Waals surface area (Å²) in [6.07, 6.45) is 3.08. The molecule has 2 aliphatic rings. The molecule has 1 aliphatic heterocycles. The van der Waals surface area contributed by atoms with Gasteiger partial charge < -0.3 is 10.0 Å². The van der Waals surface area contributed by atoms with E-state index in [0.717, 1.165) is 32.4 Å². The number of rotatable bonds is 2. The number of likely N-dealkylation sites (tertiary alicyclic amines) is 1. The lowest BCUT2D eigenvalue weighted by Crippen LogP contribution is -3.12. The molecule has 2 N–H and O–H groups in total. The van der Waals surface area contributed by atoms with Crippen LogP contribution in [0.15, 0.2) is 42.5 Å². The normalized spacial score (nSPS) is 23.7. The lowest BCUT2D eigenvalue weighted by molar-refractivity contribution is -0.921. The molecule has 2 aromatic carbocycles. The summed E-state index contributed by atoms with van der Waals surface area (Å²) in [5, 5.41) is 9.81. The molecule has 0 saturated carbocycles. The Kier molecular flexibility index (Phi) is 3.28. The van der Waals surface area contributed by atoms with Crippen LogP contribution >= 0.6 is 0 Å². The zero-order valence-corrected chi connectivity index (χ0v) is 12.3. The summed E-state index contributed by atoms with van der Waals surface area (Å²) >= 11 is 0. The Morgan fingerprint density at radius 2 is 1.90 bits per heavy atom. The standard InChI is InChI=1S/C19H21NO/c21-17-5-3-9-20(13-17)12-14-7-8-19-16(10-14)11-15-4-1-2-6-18(15)19/h1-2,4,6-8,10,17,21H,3,5,9,11-13H2/p+1/t17-/m0/s1. The summed E-state index contributed by atoms with van der Waals surface area (Å²) in [6, 6.07) is 15.7. The van der Waals surface area contributed by atoms with Crippen LogP contribution in [0.25, 0.3) is 11.1 Å². The van der Waals surface area contributed by atoms with Gasteiger partial charge in [0, 0.05) is 5.56 Å². The van der Waals surface area contributed by atoms with E-state index in [1.807, 2.05) is 0 Å². The molecule has 4 rings (SSSR count). The minimum atomic E-state index is -0.104. The van der Waals surface area contributed by atoms with Crippen molar-refractivity contribution < 1.29 is 10.0 Å². The van der Waals surface area contributed by atoms with E-state index < -0.39 is 0 Å².